The molecule has 11 heteroatoms. The molecular formula is C26H21F4NO4S2. The van der Waals surface area contributed by atoms with Crippen molar-refractivity contribution in [1.29, 1.82) is 0 Å². The Balaban J connectivity index is 1.88. The number of ether oxygens (including phenoxy) is 1. The summed E-state index contributed by atoms with van der Waals surface area (Å²) in [7, 11) is -3.13. The van der Waals surface area contributed by atoms with Crippen LogP contribution in [0, 0.1) is 5.82 Å². The van der Waals surface area contributed by atoms with Gasteiger partial charge in [0, 0.05) is 4.70 Å². The summed E-state index contributed by atoms with van der Waals surface area (Å²) in [5.41, 5.74) is -0.661. The van der Waals surface area contributed by atoms with Crippen LogP contribution in [0.5, 0.6) is 0 Å². The third-order valence-electron chi connectivity index (χ3n) is 5.78. The molecule has 0 unspecified atom stereocenters. The van der Waals surface area contributed by atoms with Crippen molar-refractivity contribution in [3.05, 3.63) is 94.8 Å². The molecular weight excluding hydrogens is 530 g/mol. The number of carbonyl (C=O) groups excluding carboxylic acids is 1. The number of anilines is 1. The monoisotopic (exact) mass is 551 g/mol. The minimum atomic E-state index is -4.94. The van der Waals surface area contributed by atoms with Gasteiger partial charge in [-0.3, -0.25) is 4.31 Å². The number of hydrogen-bond donors (Lipinski definition) is 0. The Labute approximate surface area is 215 Å². The number of hydrogen-bond acceptors (Lipinski definition) is 5. The van der Waals surface area contributed by atoms with E-state index in [1.165, 1.54) is 42.7 Å². The van der Waals surface area contributed by atoms with Gasteiger partial charge in [0.1, 0.15) is 10.8 Å². The van der Waals surface area contributed by atoms with Gasteiger partial charge < -0.3 is 4.74 Å². The van der Waals surface area contributed by atoms with Crippen LogP contribution >= 0.6 is 11.3 Å². The lowest BCUT2D eigenvalue weighted by Crippen LogP contribution is -2.31. The standard InChI is InChI=1S/C26H21F4NO4S2/c1-3-19-20-6-4-5-7-23(20)36-24(19)31(15-16-8-13-22(27)21(14-16)26(28,29)30)37(33,34)18-11-9-17(10-12-18)25(32)35-2/h4-14H,3,15H2,1-2H3. The Morgan fingerprint density at radius 1 is 1.03 bits per heavy atom. The molecule has 0 aliphatic carbocycles. The molecule has 0 radical (unpaired) electrons. The van der Waals surface area contributed by atoms with Crippen molar-refractivity contribution in [2.24, 2.45) is 0 Å². The molecule has 0 fully saturated rings. The number of esters is 1. The van der Waals surface area contributed by atoms with Gasteiger partial charge in [-0.05, 0) is 65.4 Å². The average Bonchev–Trinajstić information content (AvgIpc) is 3.25. The van der Waals surface area contributed by atoms with E-state index in [2.05, 4.69) is 4.74 Å². The molecule has 37 heavy (non-hydrogen) atoms. The highest BCUT2D eigenvalue weighted by atomic mass is 32.2. The largest absolute Gasteiger partial charge is 0.465 e. The fourth-order valence-corrected chi connectivity index (χ4v) is 6.95. The van der Waals surface area contributed by atoms with Crippen LogP contribution in [0.1, 0.15) is 34.0 Å². The van der Waals surface area contributed by atoms with Crippen LogP contribution in [0.2, 0.25) is 0 Å². The quantitative estimate of drug-likeness (QED) is 0.187. The van der Waals surface area contributed by atoms with E-state index < -0.39 is 40.1 Å². The van der Waals surface area contributed by atoms with Crippen LogP contribution in [0.4, 0.5) is 22.6 Å². The summed E-state index contributed by atoms with van der Waals surface area (Å²) in [4.78, 5) is 11.6. The molecule has 0 bridgehead atoms. The van der Waals surface area contributed by atoms with E-state index in [0.29, 0.717) is 29.1 Å². The van der Waals surface area contributed by atoms with Gasteiger partial charge >= 0.3 is 12.1 Å². The zero-order chi connectivity index (χ0) is 27.0. The van der Waals surface area contributed by atoms with Crippen LogP contribution in [-0.4, -0.2) is 21.5 Å². The van der Waals surface area contributed by atoms with Gasteiger partial charge in [0.2, 0.25) is 0 Å². The molecule has 4 rings (SSSR count). The lowest BCUT2D eigenvalue weighted by Gasteiger charge is -2.25. The van der Waals surface area contributed by atoms with Gasteiger partial charge in [0.25, 0.3) is 10.0 Å². The fraction of sp³-hybridized carbons (Fsp3) is 0.192. The summed E-state index contributed by atoms with van der Waals surface area (Å²) in [5.74, 6) is -2.09. The Bertz CT molecular complexity index is 1560. The molecule has 5 nitrogen and oxygen atoms in total. The Kier molecular flexibility index (Phi) is 7.29. The molecule has 3 aromatic carbocycles. The number of alkyl halides is 3. The van der Waals surface area contributed by atoms with E-state index in [4.69, 9.17) is 0 Å². The van der Waals surface area contributed by atoms with Gasteiger partial charge in [-0.1, -0.05) is 31.2 Å². The van der Waals surface area contributed by atoms with Crippen LogP contribution in [0.3, 0.4) is 0 Å². The summed E-state index contributed by atoms with van der Waals surface area (Å²) in [6.45, 7) is 1.39. The number of benzene rings is 3. The third kappa shape index (κ3) is 5.19. The van der Waals surface area contributed by atoms with E-state index in [1.807, 2.05) is 31.2 Å². The van der Waals surface area contributed by atoms with Crippen molar-refractivity contribution in [2.45, 2.75) is 31.0 Å². The van der Waals surface area contributed by atoms with Gasteiger partial charge in [0.15, 0.2) is 0 Å². The van der Waals surface area contributed by atoms with Crippen LogP contribution < -0.4 is 4.31 Å². The molecule has 0 saturated carbocycles. The second-order valence-electron chi connectivity index (χ2n) is 8.08. The number of halogens is 4. The molecule has 194 valence electrons. The molecule has 0 aliphatic rings. The zero-order valence-corrected chi connectivity index (χ0v) is 21.3. The van der Waals surface area contributed by atoms with Gasteiger partial charge in [-0.2, -0.15) is 13.2 Å². The van der Waals surface area contributed by atoms with E-state index in [9.17, 15) is 30.8 Å². The van der Waals surface area contributed by atoms with Crippen molar-refractivity contribution in [1.82, 2.24) is 0 Å². The maximum atomic E-state index is 13.9. The Morgan fingerprint density at radius 3 is 2.32 bits per heavy atom. The number of rotatable bonds is 7. The first-order valence-electron chi connectivity index (χ1n) is 11.0. The predicted octanol–water partition coefficient (Wildman–Crippen LogP) is 6.80. The number of sulfonamides is 1. The average molecular weight is 552 g/mol. The maximum Gasteiger partial charge on any atom is 0.419 e. The summed E-state index contributed by atoms with van der Waals surface area (Å²) in [6, 6.07) is 14.8. The minimum absolute atomic E-state index is 0.0389. The van der Waals surface area contributed by atoms with Crippen LogP contribution in [0.15, 0.2) is 71.6 Å². The number of carbonyl (C=O) groups is 1. The summed E-state index contributed by atoms with van der Waals surface area (Å²) in [5, 5.41) is 1.18. The van der Waals surface area contributed by atoms with Crippen molar-refractivity contribution in [3.8, 4) is 0 Å². The van der Waals surface area contributed by atoms with Gasteiger partial charge in [0.05, 0.1) is 29.7 Å². The smallest absolute Gasteiger partial charge is 0.419 e. The fourth-order valence-electron chi connectivity index (χ4n) is 3.96. The topological polar surface area (TPSA) is 63.7 Å². The SMILES string of the molecule is CCc1c(N(Cc2ccc(F)c(C(F)(F)F)c2)S(=O)(=O)c2ccc(C(=O)OC)cc2)sc2ccccc12. The van der Waals surface area contributed by atoms with Gasteiger partial charge in [-0.25, -0.2) is 17.6 Å². The molecule has 0 N–H and O–H groups in total. The zero-order valence-electron chi connectivity index (χ0n) is 19.7. The number of fused-ring (bicyclic) bond motifs is 1. The maximum absolute atomic E-state index is 13.9. The summed E-state index contributed by atoms with van der Waals surface area (Å²) in [6.07, 6.45) is -4.48. The Morgan fingerprint density at radius 2 is 1.70 bits per heavy atom. The molecule has 4 aromatic rings. The first-order chi connectivity index (χ1) is 17.5. The molecule has 0 amide bonds. The van der Waals surface area contributed by atoms with E-state index >= 15 is 0 Å². The van der Waals surface area contributed by atoms with Crippen LogP contribution in [0.25, 0.3) is 10.1 Å². The van der Waals surface area contributed by atoms with Crippen molar-refractivity contribution < 1.29 is 35.5 Å². The second-order valence-corrected chi connectivity index (χ2v) is 11.0. The molecule has 1 aromatic heterocycles. The lowest BCUT2D eigenvalue weighted by atomic mass is 10.1. The number of nitrogens with zero attached hydrogens (tertiary/aromatic N) is 1. The van der Waals surface area contributed by atoms with E-state index in [0.717, 1.165) is 20.5 Å². The first kappa shape index (κ1) is 26.6. The van der Waals surface area contributed by atoms with Crippen molar-refractivity contribution in [2.75, 3.05) is 11.4 Å². The van der Waals surface area contributed by atoms with Crippen molar-refractivity contribution in [3.63, 3.8) is 0 Å². The third-order valence-corrected chi connectivity index (χ3v) is 8.89. The normalized spacial score (nSPS) is 12.1. The molecule has 0 atom stereocenters. The van der Waals surface area contributed by atoms with Crippen LogP contribution in [-0.2, 0) is 33.9 Å². The number of methoxy groups -OCH3 is 1. The predicted molar refractivity (Wildman–Crippen MR) is 134 cm³/mol. The van der Waals surface area contributed by atoms with E-state index in [-0.39, 0.29) is 16.0 Å². The summed E-state index contributed by atoms with van der Waals surface area (Å²) < 4.78 is 88.3. The Hall–Kier alpha value is -3.44. The lowest BCUT2D eigenvalue weighted by molar-refractivity contribution is -0.140. The molecule has 0 aliphatic heterocycles. The summed E-state index contributed by atoms with van der Waals surface area (Å²) >= 11 is 1.20. The molecule has 0 spiro atoms. The second kappa shape index (κ2) is 10.1. The minimum Gasteiger partial charge on any atom is -0.465 e. The number of thiophene rings is 1. The van der Waals surface area contributed by atoms with Crippen molar-refractivity contribution >= 4 is 42.4 Å². The highest BCUT2D eigenvalue weighted by molar-refractivity contribution is 7.93. The number of aryl methyl sites for hydroxylation is 1. The van der Waals surface area contributed by atoms with Gasteiger partial charge in [-0.15, -0.1) is 11.3 Å². The molecule has 1 heterocycles. The van der Waals surface area contributed by atoms with E-state index in [1.54, 1.807) is 0 Å². The highest BCUT2D eigenvalue weighted by Crippen LogP contribution is 2.42. The molecule has 0 saturated heterocycles. The highest BCUT2D eigenvalue weighted by Gasteiger charge is 2.35. The first-order valence-corrected chi connectivity index (χ1v) is 13.3.